The number of imide groups is 1. The van der Waals surface area contributed by atoms with Gasteiger partial charge in [0.25, 0.3) is 17.7 Å². The highest BCUT2D eigenvalue weighted by Crippen LogP contribution is 2.29. The smallest absolute Gasteiger partial charge is 0.261 e. The van der Waals surface area contributed by atoms with Crippen molar-refractivity contribution in [3.63, 3.8) is 0 Å². The van der Waals surface area contributed by atoms with Crippen LogP contribution < -0.4 is 5.32 Å². The standard InChI is InChI=1S/C23H20N4O4S2/c28-19(6-3-9-27-21(30)15-4-1-2-5-16(15)22(27)31)26-10-7-17-18(12-26)33-23(24-17)25-20(29)14-8-11-32-13-14/h1-2,4-5,8,11,13H,3,6-7,9-10,12H2,(H,24,25,29). The zero-order valence-corrected chi connectivity index (χ0v) is 19.2. The number of carbonyl (C=O) groups excluding carboxylic acids is 4. The Morgan fingerprint density at radius 1 is 1.09 bits per heavy atom. The van der Waals surface area contributed by atoms with Gasteiger partial charge < -0.3 is 4.90 Å². The fourth-order valence-electron chi connectivity index (χ4n) is 4.01. The van der Waals surface area contributed by atoms with Crippen LogP contribution in [0.3, 0.4) is 0 Å². The molecule has 5 rings (SSSR count). The summed E-state index contributed by atoms with van der Waals surface area (Å²) in [6.07, 6.45) is 1.30. The van der Waals surface area contributed by atoms with E-state index in [1.807, 2.05) is 5.38 Å². The fourth-order valence-corrected chi connectivity index (χ4v) is 5.67. The van der Waals surface area contributed by atoms with E-state index in [1.54, 1.807) is 40.6 Å². The van der Waals surface area contributed by atoms with Gasteiger partial charge in [-0.15, -0.1) is 0 Å². The van der Waals surface area contributed by atoms with Crippen LogP contribution in [0.15, 0.2) is 41.1 Å². The summed E-state index contributed by atoms with van der Waals surface area (Å²) in [5.41, 5.74) is 2.35. The third kappa shape index (κ3) is 4.19. The molecule has 2 aliphatic rings. The molecular formula is C23H20N4O4S2. The van der Waals surface area contributed by atoms with E-state index in [0.717, 1.165) is 10.6 Å². The van der Waals surface area contributed by atoms with E-state index in [4.69, 9.17) is 0 Å². The lowest BCUT2D eigenvalue weighted by Crippen LogP contribution is -2.36. The summed E-state index contributed by atoms with van der Waals surface area (Å²) in [4.78, 5) is 58.4. The van der Waals surface area contributed by atoms with Gasteiger partial charge in [-0.2, -0.15) is 11.3 Å². The molecule has 3 aromatic rings. The van der Waals surface area contributed by atoms with Gasteiger partial charge in [0, 0.05) is 36.2 Å². The molecule has 33 heavy (non-hydrogen) atoms. The Balaban J connectivity index is 1.14. The Kier molecular flexibility index (Phi) is 5.77. The van der Waals surface area contributed by atoms with E-state index in [1.165, 1.54) is 27.6 Å². The summed E-state index contributed by atoms with van der Waals surface area (Å²) >= 11 is 2.85. The molecule has 4 heterocycles. The van der Waals surface area contributed by atoms with Gasteiger partial charge in [0.2, 0.25) is 5.91 Å². The van der Waals surface area contributed by atoms with E-state index in [-0.39, 0.29) is 36.6 Å². The molecule has 8 nitrogen and oxygen atoms in total. The predicted molar refractivity (Wildman–Crippen MR) is 125 cm³/mol. The quantitative estimate of drug-likeness (QED) is 0.545. The zero-order chi connectivity index (χ0) is 22.9. The van der Waals surface area contributed by atoms with Crippen LogP contribution in [0.2, 0.25) is 0 Å². The molecule has 168 valence electrons. The SMILES string of the molecule is O=C(Nc1nc2c(s1)CN(C(=O)CCCN1C(=O)c3ccccc3C1=O)CC2)c1ccsc1. The fraction of sp³-hybridized carbons (Fsp3) is 0.261. The molecule has 1 aromatic carbocycles. The molecule has 2 aromatic heterocycles. The van der Waals surface area contributed by atoms with E-state index in [0.29, 0.717) is 47.8 Å². The third-order valence-corrected chi connectivity index (χ3v) is 7.42. The Labute approximate surface area is 197 Å². The highest BCUT2D eigenvalue weighted by molar-refractivity contribution is 7.16. The number of anilines is 1. The van der Waals surface area contributed by atoms with Crippen LogP contribution in [-0.4, -0.2) is 51.5 Å². The van der Waals surface area contributed by atoms with Gasteiger partial charge in [0.1, 0.15) is 0 Å². The second-order valence-corrected chi connectivity index (χ2v) is 9.70. The normalized spacial score (nSPS) is 14.9. The molecule has 0 atom stereocenters. The average molecular weight is 481 g/mol. The predicted octanol–water partition coefficient (Wildman–Crippen LogP) is 3.42. The molecule has 0 saturated heterocycles. The van der Waals surface area contributed by atoms with Crippen LogP contribution in [0.4, 0.5) is 5.13 Å². The molecule has 0 spiro atoms. The van der Waals surface area contributed by atoms with E-state index in [9.17, 15) is 19.2 Å². The van der Waals surface area contributed by atoms with Gasteiger partial charge in [0.15, 0.2) is 5.13 Å². The van der Waals surface area contributed by atoms with Crippen LogP contribution >= 0.6 is 22.7 Å². The monoisotopic (exact) mass is 480 g/mol. The van der Waals surface area contributed by atoms with Crippen LogP contribution in [0, 0.1) is 0 Å². The van der Waals surface area contributed by atoms with Gasteiger partial charge in [-0.25, -0.2) is 4.98 Å². The van der Waals surface area contributed by atoms with Crippen molar-refractivity contribution in [2.75, 3.05) is 18.4 Å². The average Bonchev–Trinajstić information content (AvgIpc) is 3.54. The lowest BCUT2D eigenvalue weighted by Gasteiger charge is -2.26. The van der Waals surface area contributed by atoms with Crippen molar-refractivity contribution in [1.82, 2.24) is 14.8 Å². The number of benzene rings is 1. The van der Waals surface area contributed by atoms with Crippen molar-refractivity contribution in [3.8, 4) is 0 Å². The number of thiophene rings is 1. The molecule has 2 aliphatic heterocycles. The number of carbonyl (C=O) groups is 4. The minimum Gasteiger partial charge on any atom is -0.337 e. The van der Waals surface area contributed by atoms with Gasteiger partial charge in [-0.3, -0.25) is 29.4 Å². The minimum absolute atomic E-state index is 0.0190. The van der Waals surface area contributed by atoms with Crippen molar-refractivity contribution in [3.05, 3.63) is 68.4 Å². The summed E-state index contributed by atoms with van der Waals surface area (Å²) < 4.78 is 0. The molecule has 10 heteroatoms. The lowest BCUT2D eigenvalue weighted by atomic mass is 10.1. The number of amides is 4. The Hall–Kier alpha value is -3.37. The highest BCUT2D eigenvalue weighted by atomic mass is 32.1. The number of thiazole rings is 1. The summed E-state index contributed by atoms with van der Waals surface area (Å²) in [5, 5.41) is 7.00. The maximum Gasteiger partial charge on any atom is 0.261 e. The van der Waals surface area contributed by atoms with Gasteiger partial charge in [0.05, 0.1) is 28.9 Å². The molecule has 0 fully saturated rings. The van der Waals surface area contributed by atoms with Crippen LogP contribution in [0.1, 0.15) is 54.5 Å². The number of rotatable bonds is 6. The number of hydrogen-bond donors (Lipinski definition) is 1. The van der Waals surface area contributed by atoms with Crippen LogP contribution in [0.5, 0.6) is 0 Å². The van der Waals surface area contributed by atoms with Gasteiger partial charge in [-0.05, 0) is 30.0 Å². The molecular weight excluding hydrogens is 460 g/mol. The molecule has 0 radical (unpaired) electrons. The number of aromatic nitrogens is 1. The van der Waals surface area contributed by atoms with Crippen molar-refractivity contribution < 1.29 is 19.2 Å². The van der Waals surface area contributed by atoms with Crippen LogP contribution in [-0.2, 0) is 17.8 Å². The number of hydrogen-bond acceptors (Lipinski definition) is 7. The Morgan fingerprint density at radius 2 is 1.85 bits per heavy atom. The van der Waals surface area contributed by atoms with Crippen molar-refractivity contribution in [1.29, 1.82) is 0 Å². The maximum atomic E-state index is 12.8. The van der Waals surface area contributed by atoms with E-state index in [2.05, 4.69) is 10.3 Å². The van der Waals surface area contributed by atoms with Crippen LogP contribution in [0.25, 0.3) is 0 Å². The first-order chi connectivity index (χ1) is 16.0. The largest absolute Gasteiger partial charge is 0.337 e. The number of nitrogens with zero attached hydrogens (tertiary/aromatic N) is 3. The molecule has 0 bridgehead atoms. The van der Waals surface area contributed by atoms with E-state index < -0.39 is 0 Å². The minimum atomic E-state index is -0.299. The highest BCUT2D eigenvalue weighted by Gasteiger charge is 2.34. The number of nitrogens with one attached hydrogen (secondary N) is 1. The zero-order valence-electron chi connectivity index (χ0n) is 17.6. The van der Waals surface area contributed by atoms with Crippen molar-refractivity contribution in [2.45, 2.75) is 25.8 Å². The second-order valence-electron chi connectivity index (χ2n) is 7.83. The van der Waals surface area contributed by atoms with Gasteiger partial charge >= 0.3 is 0 Å². The summed E-state index contributed by atoms with van der Waals surface area (Å²) in [7, 11) is 0. The summed E-state index contributed by atoms with van der Waals surface area (Å²) in [6.45, 7) is 1.23. The summed E-state index contributed by atoms with van der Waals surface area (Å²) in [6, 6.07) is 8.53. The second kappa shape index (κ2) is 8.87. The van der Waals surface area contributed by atoms with Crippen molar-refractivity contribution >= 4 is 51.4 Å². The third-order valence-electron chi connectivity index (χ3n) is 5.74. The first-order valence-corrected chi connectivity index (χ1v) is 12.3. The first kappa shape index (κ1) is 21.5. The number of fused-ring (bicyclic) bond motifs is 2. The lowest BCUT2D eigenvalue weighted by molar-refractivity contribution is -0.132. The molecule has 0 unspecified atom stereocenters. The Bertz CT molecular complexity index is 1220. The molecule has 0 aliphatic carbocycles. The first-order valence-electron chi connectivity index (χ1n) is 10.6. The van der Waals surface area contributed by atoms with E-state index >= 15 is 0 Å². The molecule has 0 saturated carbocycles. The molecule has 4 amide bonds. The summed E-state index contributed by atoms with van der Waals surface area (Å²) in [5.74, 6) is -0.808. The topological polar surface area (TPSA) is 99.7 Å². The molecule has 1 N–H and O–H groups in total. The van der Waals surface area contributed by atoms with Gasteiger partial charge in [-0.1, -0.05) is 23.5 Å². The Morgan fingerprint density at radius 3 is 2.55 bits per heavy atom. The maximum absolute atomic E-state index is 12.8. The van der Waals surface area contributed by atoms with Crippen molar-refractivity contribution in [2.24, 2.45) is 0 Å².